The number of aromatic nitrogens is 3. The van der Waals surface area contributed by atoms with Crippen LogP contribution in [0.3, 0.4) is 0 Å². The van der Waals surface area contributed by atoms with Gasteiger partial charge in [0.2, 0.25) is 5.89 Å². The average molecular weight is 369 g/mol. The zero-order valence-electron chi connectivity index (χ0n) is 14.0. The fourth-order valence-corrected chi connectivity index (χ4v) is 3.44. The summed E-state index contributed by atoms with van der Waals surface area (Å²) in [4.78, 5) is 27.0. The van der Waals surface area contributed by atoms with Crippen LogP contribution in [0.15, 0.2) is 53.5 Å². The topological polar surface area (TPSA) is 72.1 Å². The van der Waals surface area contributed by atoms with Crippen molar-refractivity contribution in [2.24, 2.45) is 0 Å². The Morgan fingerprint density at radius 1 is 1.27 bits per heavy atom. The number of amides is 1. The minimum absolute atomic E-state index is 0.143. The lowest BCUT2D eigenvalue weighted by molar-refractivity contribution is 0.0708. The Kier molecular flexibility index (Phi) is 4.67. The van der Waals surface area contributed by atoms with Crippen LogP contribution in [0.5, 0.6) is 0 Å². The van der Waals surface area contributed by atoms with Gasteiger partial charge in [-0.3, -0.25) is 9.78 Å². The van der Waals surface area contributed by atoms with Crippen LogP contribution in [-0.2, 0) is 6.42 Å². The number of carbonyl (C=O) groups is 1. The molecule has 1 aliphatic rings. The third-order valence-corrected chi connectivity index (χ3v) is 4.65. The van der Waals surface area contributed by atoms with Crippen LogP contribution in [0.2, 0.25) is 5.02 Å². The first-order valence-corrected chi connectivity index (χ1v) is 8.84. The first-order valence-electron chi connectivity index (χ1n) is 8.47. The molecule has 3 aromatic rings. The lowest BCUT2D eigenvalue weighted by Crippen LogP contribution is -2.31. The maximum atomic E-state index is 12.7. The summed E-state index contributed by atoms with van der Waals surface area (Å²) in [5, 5.41) is 0.693. The minimum atomic E-state index is -0.169. The lowest BCUT2D eigenvalue weighted by Gasteiger charge is -2.21. The number of nitrogens with zero attached hydrogens (tertiary/aromatic N) is 4. The number of hydrogen-bond acceptors (Lipinski definition) is 5. The SMILES string of the molecule is O=C(c1cnccn1)N1CCC[C@H]1c1ncc(Cc2cccc(Cl)c2)o1. The third-order valence-electron chi connectivity index (χ3n) is 4.42. The Labute approximate surface area is 155 Å². The zero-order valence-corrected chi connectivity index (χ0v) is 14.8. The van der Waals surface area contributed by atoms with Crippen molar-refractivity contribution in [2.45, 2.75) is 25.3 Å². The number of rotatable bonds is 4. The van der Waals surface area contributed by atoms with Gasteiger partial charge in [-0.15, -0.1) is 0 Å². The van der Waals surface area contributed by atoms with Gasteiger partial charge in [-0.05, 0) is 30.5 Å². The van der Waals surface area contributed by atoms with E-state index in [2.05, 4.69) is 15.0 Å². The molecule has 0 saturated carbocycles. The maximum absolute atomic E-state index is 12.7. The summed E-state index contributed by atoms with van der Waals surface area (Å²) in [6, 6.07) is 7.48. The Morgan fingerprint density at radius 3 is 3.00 bits per heavy atom. The van der Waals surface area contributed by atoms with Crippen molar-refractivity contribution in [3.8, 4) is 0 Å². The van der Waals surface area contributed by atoms with Gasteiger partial charge in [0.25, 0.3) is 5.91 Å². The molecule has 26 heavy (non-hydrogen) atoms. The second kappa shape index (κ2) is 7.25. The quantitative estimate of drug-likeness (QED) is 0.702. The van der Waals surface area contributed by atoms with Gasteiger partial charge in [-0.2, -0.15) is 0 Å². The number of oxazole rings is 1. The molecule has 0 bridgehead atoms. The van der Waals surface area contributed by atoms with E-state index in [0.717, 1.165) is 24.2 Å². The molecule has 1 aromatic carbocycles. The molecule has 0 spiro atoms. The molecule has 0 radical (unpaired) electrons. The molecule has 1 aliphatic heterocycles. The summed E-state index contributed by atoms with van der Waals surface area (Å²) >= 11 is 6.03. The van der Waals surface area contributed by atoms with Crippen molar-refractivity contribution in [3.05, 3.63) is 77.0 Å². The van der Waals surface area contributed by atoms with Gasteiger partial charge in [0.1, 0.15) is 17.5 Å². The van der Waals surface area contributed by atoms with E-state index >= 15 is 0 Å². The van der Waals surface area contributed by atoms with Crippen LogP contribution in [0.25, 0.3) is 0 Å². The van der Waals surface area contributed by atoms with Crippen LogP contribution >= 0.6 is 11.6 Å². The van der Waals surface area contributed by atoms with E-state index in [-0.39, 0.29) is 11.9 Å². The van der Waals surface area contributed by atoms with Crippen LogP contribution in [0, 0.1) is 0 Å². The van der Waals surface area contributed by atoms with E-state index in [1.807, 2.05) is 24.3 Å². The largest absolute Gasteiger partial charge is 0.443 e. The molecule has 7 heteroatoms. The van der Waals surface area contributed by atoms with Gasteiger partial charge in [0.15, 0.2) is 0 Å². The summed E-state index contributed by atoms with van der Waals surface area (Å²) in [5.41, 5.74) is 1.39. The highest BCUT2D eigenvalue weighted by Gasteiger charge is 2.34. The van der Waals surface area contributed by atoms with Crippen LogP contribution < -0.4 is 0 Å². The summed E-state index contributed by atoms with van der Waals surface area (Å²) in [6.45, 7) is 0.659. The molecule has 0 unspecified atom stereocenters. The standard InChI is InChI=1S/C19H17ClN4O2/c20-14-4-1-3-13(9-14)10-15-11-23-18(26-15)17-5-2-8-24(17)19(25)16-12-21-6-7-22-16/h1,3-4,6-7,9,11-12,17H,2,5,8,10H2/t17-/m0/s1. The first kappa shape index (κ1) is 16.7. The Hall–Kier alpha value is -2.73. The first-order chi connectivity index (χ1) is 12.7. The highest BCUT2D eigenvalue weighted by Crippen LogP contribution is 2.32. The second-order valence-corrected chi connectivity index (χ2v) is 6.66. The molecular weight excluding hydrogens is 352 g/mol. The molecule has 132 valence electrons. The molecule has 1 fully saturated rings. The van der Waals surface area contributed by atoms with Crippen molar-refractivity contribution in [2.75, 3.05) is 6.54 Å². The Morgan fingerprint density at radius 2 is 2.19 bits per heavy atom. The van der Waals surface area contributed by atoms with E-state index < -0.39 is 0 Å². The second-order valence-electron chi connectivity index (χ2n) is 6.22. The van der Waals surface area contributed by atoms with Crippen molar-refractivity contribution in [1.29, 1.82) is 0 Å². The summed E-state index contributed by atoms with van der Waals surface area (Å²) in [5.74, 6) is 1.17. The van der Waals surface area contributed by atoms with E-state index in [1.165, 1.54) is 12.4 Å². The molecule has 0 aliphatic carbocycles. The van der Waals surface area contributed by atoms with Crippen LogP contribution in [0.4, 0.5) is 0 Å². The van der Waals surface area contributed by atoms with E-state index in [9.17, 15) is 4.79 Å². The Bertz CT molecular complexity index is 913. The van der Waals surface area contributed by atoms with Gasteiger partial charge >= 0.3 is 0 Å². The fraction of sp³-hybridized carbons (Fsp3) is 0.263. The minimum Gasteiger partial charge on any atom is -0.443 e. The number of likely N-dealkylation sites (tertiary alicyclic amines) is 1. The molecule has 1 amide bonds. The lowest BCUT2D eigenvalue weighted by atomic mass is 10.1. The Balaban J connectivity index is 1.52. The van der Waals surface area contributed by atoms with Crippen LogP contribution in [-0.4, -0.2) is 32.3 Å². The smallest absolute Gasteiger partial charge is 0.274 e. The fourth-order valence-electron chi connectivity index (χ4n) is 3.23. The van der Waals surface area contributed by atoms with Gasteiger partial charge in [-0.25, -0.2) is 9.97 Å². The summed E-state index contributed by atoms with van der Waals surface area (Å²) in [7, 11) is 0. The maximum Gasteiger partial charge on any atom is 0.274 e. The van der Waals surface area contributed by atoms with E-state index in [0.29, 0.717) is 29.6 Å². The van der Waals surface area contributed by atoms with Gasteiger partial charge in [0, 0.05) is 30.4 Å². The molecule has 2 aromatic heterocycles. The zero-order chi connectivity index (χ0) is 17.9. The van der Waals surface area contributed by atoms with E-state index in [4.69, 9.17) is 16.0 Å². The molecule has 1 saturated heterocycles. The normalized spacial score (nSPS) is 16.8. The number of carbonyl (C=O) groups excluding carboxylic acids is 1. The van der Waals surface area contributed by atoms with Gasteiger partial charge < -0.3 is 9.32 Å². The molecule has 3 heterocycles. The third kappa shape index (κ3) is 3.46. The average Bonchev–Trinajstić information content (AvgIpc) is 3.31. The van der Waals surface area contributed by atoms with Gasteiger partial charge in [0.05, 0.1) is 12.4 Å². The molecule has 6 nitrogen and oxygen atoms in total. The molecular formula is C19H17ClN4O2. The number of benzene rings is 1. The molecule has 1 atom stereocenters. The number of halogens is 1. The molecule has 0 N–H and O–H groups in total. The highest BCUT2D eigenvalue weighted by molar-refractivity contribution is 6.30. The summed E-state index contributed by atoms with van der Waals surface area (Å²) < 4.78 is 5.94. The van der Waals surface area contributed by atoms with Crippen molar-refractivity contribution >= 4 is 17.5 Å². The predicted molar refractivity (Wildman–Crippen MR) is 95.8 cm³/mol. The van der Waals surface area contributed by atoms with Crippen molar-refractivity contribution in [3.63, 3.8) is 0 Å². The summed E-state index contributed by atoms with van der Waals surface area (Å²) in [6.07, 6.45) is 8.61. The van der Waals surface area contributed by atoms with Crippen molar-refractivity contribution < 1.29 is 9.21 Å². The molecule has 4 rings (SSSR count). The predicted octanol–water partition coefficient (Wildman–Crippen LogP) is 3.69. The highest BCUT2D eigenvalue weighted by atomic mass is 35.5. The van der Waals surface area contributed by atoms with E-state index in [1.54, 1.807) is 17.3 Å². The van der Waals surface area contributed by atoms with Gasteiger partial charge in [-0.1, -0.05) is 23.7 Å². The monoisotopic (exact) mass is 368 g/mol. The van der Waals surface area contributed by atoms with Crippen molar-refractivity contribution in [1.82, 2.24) is 19.9 Å². The van der Waals surface area contributed by atoms with Crippen LogP contribution in [0.1, 0.15) is 46.6 Å². The number of hydrogen-bond donors (Lipinski definition) is 0.